The first-order chi connectivity index (χ1) is 16.0. The van der Waals surface area contributed by atoms with Crippen LogP contribution in [0.4, 0.5) is 0 Å². The molecule has 0 unspecified atom stereocenters. The van der Waals surface area contributed by atoms with E-state index in [4.69, 9.17) is 4.98 Å². The van der Waals surface area contributed by atoms with E-state index >= 15 is 0 Å². The van der Waals surface area contributed by atoms with Crippen LogP contribution in [0.2, 0.25) is 0 Å². The highest BCUT2D eigenvalue weighted by atomic mass is 32.2. The molecule has 9 heteroatoms. The van der Waals surface area contributed by atoms with Gasteiger partial charge in [-0.05, 0) is 18.2 Å². The van der Waals surface area contributed by atoms with Crippen LogP contribution in [-0.4, -0.2) is 61.8 Å². The first-order valence-electron chi connectivity index (χ1n) is 10.7. The molecule has 33 heavy (non-hydrogen) atoms. The van der Waals surface area contributed by atoms with Gasteiger partial charge in [-0.25, -0.2) is 18.1 Å². The topological polar surface area (TPSA) is 82.6 Å². The average Bonchev–Trinajstić information content (AvgIpc) is 3.32. The normalized spacial score (nSPS) is 14.8. The van der Waals surface area contributed by atoms with Gasteiger partial charge in [0.2, 0.25) is 10.0 Å². The second-order valence-corrected chi connectivity index (χ2v) is 10.4. The molecule has 0 spiro atoms. The second-order valence-electron chi connectivity index (χ2n) is 7.75. The van der Waals surface area contributed by atoms with Gasteiger partial charge in [-0.1, -0.05) is 42.5 Å². The molecule has 0 radical (unpaired) electrons. The third kappa shape index (κ3) is 5.75. The summed E-state index contributed by atoms with van der Waals surface area (Å²) in [6.07, 6.45) is 1.47. The molecule has 1 aliphatic heterocycles. The van der Waals surface area contributed by atoms with Gasteiger partial charge in [0.25, 0.3) is 5.91 Å². The fraction of sp³-hybridized carbons (Fsp3) is 0.250. The van der Waals surface area contributed by atoms with Crippen LogP contribution in [0.1, 0.15) is 16.1 Å². The number of carbonyl (C=O) groups excluding carboxylic acids is 1. The molecule has 0 bridgehead atoms. The van der Waals surface area contributed by atoms with Gasteiger partial charge in [-0.3, -0.25) is 9.69 Å². The number of piperazine rings is 1. The lowest BCUT2D eigenvalue weighted by molar-refractivity contribution is 0.0627. The van der Waals surface area contributed by atoms with E-state index in [1.54, 1.807) is 28.4 Å². The van der Waals surface area contributed by atoms with Gasteiger partial charge in [-0.2, -0.15) is 0 Å². The van der Waals surface area contributed by atoms with Crippen LogP contribution in [0.25, 0.3) is 10.6 Å². The minimum absolute atomic E-state index is 0.0755. The zero-order valence-electron chi connectivity index (χ0n) is 18.2. The van der Waals surface area contributed by atoms with Gasteiger partial charge < -0.3 is 4.90 Å². The summed E-state index contributed by atoms with van der Waals surface area (Å²) in [6.45, 7) is 7.04. The fourth-order valence-electron chi connectivity index (χ4n) is 3.66. The number of hydrogen-bond donors (Lipinski definition) is 1. The summed E-state index contributed by atoms with van der Waals surface area (Å²) in [5.74, 6) is -0.157. The van der Waals surface area contributed by atoms with Gasteiger partial charge in [0.05, 0.1) is 10.6 Å². The van der Waals surface area contributed by atoms with Crippen LogP contribution in [0.5, 0.6) is 0 Å². The van der Waals surface area contributed by atoms with Crippen molar-refractivity contribution in [2.24, 2.45) is 0 Å². The monoisotopic (exact) mass is 482 g/mol. The number of rotatable bonds is 8. The summed E-state index contributed by atoms with van der Waals surface area (Å²) >= 11 is 1.64. The lowest BCUT2D eigenvalue weighted by Gasteiger charge is -2.34. The number of amides is 1. The number of nitrogens with zero attached hydrogens (tertiary/aromatic N) is 3. The van der Waals surface area contributed by atoms with Crippen LogP contribution in [-0.2, 0) is 16.6 Å². The lowest BCUT2D eigenvalue weighted by Crippen LogP contribution is -2.48. The summed E-state index contributed by atoms with van der Waals surface area (Å²) < 4.78 is 27.1. The van der Waals surface area contributed by atoms with Crippen molar-refractivity contribution in [2.75, 3.05) is 32.7 Å². The molecule has 7 nitrogen and oxygen atoms in total. The Kier molecular flexibility index (Phi) is 7.34. The Morgan fingerprint density at radius 3 is 2.58 bits per heavy atom. The van der Waals surface area contributed by atoms with Crippen molar-refractivity contribution in [3.63, 3.8) is 0 Å². The van der Waals surface area contributed by atoms with E-state index in [1.807, 2.05) is 18.2 Å². The molecule has 1 aliphatic rings. The molecule has 0 saturated carbocycles. The molecular formula is C24H26N4O3S2. The molecule has 1 amide bonds. The number of benzene rings is 2. The molecule has 0 atom stereocenters. The molecule has 2 aromatic carbocycles. The third-order valence-electron chi connectivity index (χ3n) is 5.43. The summed E-state index contributed by atoms with van der Waals surface area (Å²) in [7, 11) is -3.68. The van der Waals surface area contributed by atoms with Crippen molar-refractivity contribution in [3.8, 4) is 10.6 Å². The molecule has 2 heterocycles. The molecule has 4 rings (SSSR count). The number of hydrogen-bond acceptors (Lipinski definition) is 6. The number of nitrogens with one attached hydrogen (secondary N) is 1. The molecule has 1 aromatic heterocycles. The van der Waals surface area contributed by atoms with E-state index in [2.05, 4.69) is 33.7 Å². The average molecular weight is 483 g/mol. The number of sulfonamides is 1. The van der Waals surface area contributed by atoms with Crippen LogP contribution in [0, 0.1) is 0 Å². The van der Waals surface area contributed by atoms with Crippen LogP contribution >= 0.6 is 11.3 Å². The third-order valence-corrected chi connectivity index (χ3v) is 7.79. The van der Waals surface area contributed by atoms with Gasteiger partial charge in [0, 0.05) is 55.8 Å². The quantitative estimate of drug-likeness (QED) is 0.499. The Hall–Kier alpha value is -2.85. The Balaban J connectivity index is 1.35. The van der Waals surface area contributed by atoms with Crippen molar-refractivity contribution in [2.45, 2.75) is 11.4 Å². The maximum Gasteiger partial charge on any atom is 0.253 e. The smallest absolute Gasteiger partial charge is 0.253 e. The number of aromatic nitrogens is 1. The number of carbonyl (C=O) groups is 1. The molecule has 172 valence electrons. The zero-order chi connectivity index (χ0) is 23.3. The van der Waals surface area contributed by atoms with Crippen molar-refractivity contribution in [1.82, 2.24) is 19.5 Å². The van der Waals surface area contributed by atoms with Gasteiger partial charge in [0.15, 0.2) is 0 Å². The van der Waals surface area contributed by atoms with Gasteiger partial charge in [0.1, 0.15) is 5.01 Å². The molecule has 3 aromatic rings. The highest BCUT2D eigenvalue weighted by Crippen LogP contribution is 2.24. The van der Waals surface area contributed by atoms with Crippen molar-refractivity contribution in [1.29, 1.82) is 0 Å². The maximum atomic E-state index is 13.0. The molecule has 1 N–H and O–H groups in total. The largest absolute Gasteiger partial charge is 0.336 e. The Morgan fingerprint density at radius 1 is 1.09 bits per heavy atom. The predicted octanol–water partition coefficient (Wildman–Crippen LogP) is 3.23. The molecule has 0 aliphatic carbocycles. The van der Waals surface area contributed by atoms with E-state index in [1.165, 1.54) is 18.2 Å². The lowest BCUT2D eigenvalue weighted by atomic mass is 10.2. The standard InChI is InChI=1S/C24H26N4O3S2/c1-2-11-25-33(30,31)22-10-6-9-20(16-22)24(29)28-14-12-27(13-15-28)17-21-18-32-23(26-21)19-7-4-3-5-8-19/h2-10,16,18,25H,1,11-15,17H2. The van der Waals surface area contributed by atoms with Crippen molar-refractivity contribution in [3.05, 3.63) is 83.9 Å². The molecule has 1 saturated heterocycles. The highest BCUT2D eigenvalue weighted by Gasteiger charge is 2.24. The first-order valence-corrected chi connectivity index (χ1v) is 13.0. The van der Waals surface area contributed by atoms with Crippen LogP contribution < -0.4 is 4.72 Å². The second kappa shape index (κ2) is 10.4. The maximum absolute atomic E-state index is 13.0. The SMILES string of the molecule is C=CCNS(=O)(=O)c1cccc(C(=O)N2CCN(Cc3csc(-c4ccccc4)n3)CC2)c1. The van der Waals surface area contributed by atoms with E-state index in [-0.39, 0.29) is 17.3 Å². The fourth-order valence-corrected chi connectivity index (χ4v) is 5.52. The van der Waals surface area contributed by atoms with Crippen molar-refractivity contribution >= 4 is 27.3 Å². The van der Waals surface area contributed by atoms with Gasteiger partial charge in [-0.15, -0.1) is 17.9 Å². The first kappa shape index (κ1) is 23.3. The summed E-state index contributed by atoms with van der Waals surface area (Å²) in [6, 6.07) is 16.3. The van der Waals surface area contributed by atoms with Gasteiger partial charge >= 0.3 is 0 Å². The van der Waals surface area contributed by atoms with E-state index in [9.17, 15) is 13.2 Å². The Labute approximate surface area is 198 Å². The van der Waals surface area contributed by atoms with E-state index in [0.717, 1.165) is 35.9 Å². The summed E-state index contributed by atoms with van der Waals surface area (Å²) in [4.78, 5) is 21.9. The molecular weight excluding hydrogens is 456 g/mol. The summed E-state index contributed by atoms with van der Waals surface area (Å²) in [5, 5.41) is 3.10. The highest BCUT2D eigenvalue weighted by molar-refractivity contribution is 7.89. The van der Waals surface area contributed by atoms with Crippen LogP contribution in [0.15, 0.2) is 77.5 Å². The van der Waals surface area contributed by atoms with E-state index in [0.29, 0.717) is 18.7 Å². The minimum Gasteiger partial charge on any atom is -0.336 e. The number of thiazole rings is 1. The Bertz CT molecular complexity index is 1220. The molecule has 1 fully saturated rings. The predicted molar refractivity (Wildman–Crippen MR) is 131 cm³/mol. The minimum atomic E-state index is -3.68. The van der Waals surface area contributed by atoms with Crippen molar-refractivity contribution < 1.29 is 13.2 Å². The zero-order valence-corrected chi connectivity index (χ0v) is 19.8. The summed E-state index contributed by atoms with van der Waals surface area (Å²) in [5.41, 5.74) is 2.52. The van der Waals surface area contributed by atoms with Crippen LogP contribution in [0.3, 0.4) is 0 Å². The Morgan fingerprint density at radius 2 is 1.85 bits per heavy atom. The van der Waals surface area contributed by atoms with E-state index < -0.39 is 10.0 Å².